The molecule has 0 unspecified atom stereocenters. The van der Waals surface area contributed by atoms with E-state index in [2.05, 4.69) is 15.2 Å². The Morgan fingerprint density at radius 3 is 2.64 bits per heavy atom. The quantitative estimate of drug-likeness (QED) is 0.737. The lowest BCUT2D eigenvalue weighted by Crippen LogP contribution is -2.41. The topological polar surface area (TPSA) is 68.2 Å². The number of rotatable bonds is 3. The van der Waals surface area contributed by atoms with Gasteiger partial charge in [-0.25, -0.2) is 0 Å². The third-order valence-electron chi connectivity index (χ3n) is 4.47. The van der Waals surface area contributed by atoms with Crippen molar-refractivity contribution in [1.29, 1.82) is 0 Å². The molecule has 3 heterocycles. The second-order valence-electron chi connectivity index (χ2n) is 6.08. The van der Waals surface area contributed by atoms with Crippen molar-refractivity contribution in [3.63, 3.8) is 0 Å². The predicted molar refractivity (Wildman–Crippen MR) is 93.3 cm³/mol. The Morgan fingerprint density at radius 1 is 1.08 bits per heavy atom. The van der Waals surface area contributed by atoms with E-state index in [1.807, 2.05) is 29.2 Å². The van der Waals surface area contributed by atoms with Crippen LogP contribution < -0.4 is 4.74 Å². The number of carbonyl (C=O) groups excluding carboxylic acids is 1. The number of hydrogen-bond acceptors (Lipinski definition) is 5. The molecule has 1 aromatic carbocycles. The second-order valence-corrected chi connectivity index (χ2v) is 6.08. The first kappa shape index (κ1) is 15.5. The van der Waals surface area contributed by atoms with E-state index in [0.29, 0.717) is 24.5 Å². The number of pyridine rings is 1. The molecule has 1 amide bonds. The number of nitrogens with zero attached hydrogens (tertiary/aromatic N) is 4. The van der Waals surface area contributed by atoms with Gasteiger partial charge in [-0.2, -0.15) is 5.10 Å². The van der Waals surface area contributed by atoms with Crippen LogP contribution in [-0.4, -0.2) is 45.2 Å². The molecule has 0 N–H and O–H groups in total. The number of benzene rings is 1. The monoisotopic (exact) mass is 334 g/mol. The third-order valence-corrected chi connectivity index (χ3v) is 4.47. The standard InChI is InChI=1S/C19H18N4O2/c24-19(14-5-9-20-10-6-14)23-11-7-16(8-12-23)25-18-17-4-2-1-3-15(17)13-21-22-18/h1-6,9-10,13,16H,7-8,11-12H2. The minimum absolute atomic E-state index is 0.0431. The normalized spacial score (nSPS) is 15.3. The molecule has 126 valence electrons. The van der Waals surface area contributed by atoms with Crippen LogP contribution in [0.5, 0.6) is 5.88 Å². The summed E-state index contributed by atoms with van der Waals surface area (Å²) in [6.45, 7) is 1.34. The van der Waals surface area contributed by atoms with Crippen LogP contribution in [0.1, 0.15) is 23.2 Å². The second kappa shape index (κ2) is 6.84. The van der Waals surface area contributed by atoms with E-state index in [4.69, 9.17) is 4.74 Å². The SMILES string of the molecule is O=C(c1ccncc1)N1CCC(Oc2nncc3ccccc23)CC1. The first-order chi connectivity index (χ1) is 12.3. The highest BCUT2D eigenvalue weighted by atomic mass is 16.5. The van der Waals surface area contributed by atoms with E-state index in [1.165, 1.54) is 0 Å². The van der Waals surface area contributed by atoms with Crippen molar-refractivity contribution >= 4 is 16.7 Å². The summed E-state index contributed by atoms with van der Waals surface area (Å²) in [4.78, 5) is 18.3. The van der Waals surface area contributed by atoms with Crippen molar-refractivity contribution in [1.82, 2.24) is 20.1 Å². The van der Waals surface area contributed by atoms with E-state index in [-0.39, 0.29) is 12.0 Å². The molecule has 4 rings (SSSR count). The van der Waals surface area contributed by atoms with E-state index < -0.39 is 0 Å². The molecule has 0 radical (unpaired) electrons. The highest BCUT2D eigenvalue weighted by Gasteiger charge is 2.25. The zero-order valence-electron chi connectivity index (χ0n) is 13.7. The van der Waals surface area contributed by atoms with E-state index in [0.717, 1.165) is 23.6 Å². The number of likely N-dealkylation sites (tertiary alicyclic amines) is 1. The van der Waals surface area contributed by atoms with Crippen LogP contribution in [0.3, 0.4) is 0 Å². The molecule has 1 aliphatic rings. The van der Waals surface area contributed by atoms with Gasteiger partial charge in [0.1, 0.15) is 6.10 Å². The number of aromatic nitrogens is 3. The largest absolute Gasteiger partial charge is 0.473 e. The van der Waals surface area contributed by atoms with Crippen LogP contribution in [0.25, 0.3) is 10.8 Å². The van der Waals surface area contributed by atoms with Crippen LogP contribution in [-0.2, 0) is 0 Å². The van der Waals surface area contributed by atoms with Gasteiger partial charge in [-0.3, -0.25) is 9.78 Å². The van der Waals surface area contributed by atoms with E-state index >= 15 is 0 Å². The lowest BCUT2D eigenvalue weighted by molar-refractivity contribution is 0.0589. The maximum absolute atomic E-state index is 12.5. The summed E-state index contributed by atoms with van der Waals surface area (Å²) in [5.74, 6) is 0.614. The minimum atomic E-state index is 0.0431. The Bertz CT molecular complexity index is 871. The summed E-state index contributed by atoms with van der Waals surface area (Å²) in [5, 5.41) is 10.1. The summed E-state index contributed by atoms with van der Waals surface area (Å²) >= 11 is 0. The maximum atomic E-state index is 12.5. The molecule has 0 saturated carbocycles. The Hall–Kier alpha value is -3.02. The van der Waals surface area contributed by atoms with Crippen molar-refractivity contribution in [2.45, 2.75) is 18.9 Å². The highest BCUT2D eigenvalue weighted by molar-refractivity contribution is 5.94. The van der Waals surface area contributed by atoms with Gasteiger partial charge in [-0.1, -0.05) is 18.2 Å². The van der Waals surface area contributed by atoms with Crippen LogP contribution in [0.2, 0.25) is 0 Å². The van der Waals surface area contributed by atoms with E-state index in [9.17, 15) is 4.79 Å². The van der Waals surface area contributed by atoms with Gasteiger partial charge >= 0.3 is 0 Å². The van der Waals surface area contributed by atoms with Crippen LogP contribution in [0, 0.1) is 0 Å². The number of carbonyl (C=O) groups is 1. The van der Waals surface area contributed by atoms with Gasteiger partial charge in [0.15, 0.2) is 0 Å². The summed E-state index contributed by atoms with van der Waals surface area (Å²) < 4.78 is 6.08. The molecular formula is C19H18N4O2. The fourth-order valence-electron chi connectivity index (χ4n) is 3.10. The third kappa shape index (κ3) is 3.28. The number of piperidine rings is 1. The first-order valence-electron chi connectivity index (χ1n) is 8.37. The predicted octanol–water partition coefficient (Wildman–Crippen LogP) is 2.71. The van der Waals surface area contributed by atoms with Gasteiger partial charge in [0.05, 0.1) is 6.20 Å². The van der Waals surface area contributed by atoms with E-state index in [1.54, 1.807) is 30.7 Å². The van der Waals surface area contributed by atoms with Gasteiger partial charge in [-0.05, 0) is 18.2 Å². The number of hydrogen-bond donors (Lipinski definition) is 0. The van der Waals surface area contributed by atoms with Gasteiger partial charge in [-0.15, -0.1) is 5.10 Å². The van der Waals surface area contributed by atoms with Crippen LogP contribution in [0.15, 0.2) is 55.0 Å². The Kier molecular flexibility index (Phi) is 4.24. The fraction of sp³-hybridized carbons (Fsp3) is 0.263. The molecule has 0 aliphatic carbocycles. The summed E-state index contributed by atoms with van der Waals surface area (Å²) in [6, 6.07) is 11.4. The summed E-state index contributed by atoms with van der Waals surface area (Å²) in [5.41, 5.74) is 0.675. The lowest BCUT2D eigenvalue weighted by atomic mass is 10.1. The minimum Gasteiger partial charge on any atom is -0.473 e. The number of fused-ring (bicyclic) bond motifs is 1. The zero-order valence-corrected chi connectivity index (χ0v) is 13.7. The molecule has 25 heavy (non-hydrogen) atoms. The van der Waals surface area contributed by atoms with Crippen molar-refractivity contribution in [3.8, 4) is 5.88 Å². The Balaban J connectivity index is 1.41. The molecule has 0 atom stereocenters. The Labute approximate surface area is 145 Å². The van der Waals surface area contributed by atoms with Gasteiger partial charge in [0, 0.05) is 54.7 Å². The molecule has 6 heteroatoms. The lowest BCUT2D eigenvalue weighted by Gasteiger charge is -2.32. The fourth-order valence-corrected chi connectivity index (χ4v) is 3.10. The Morgan fingerprint density at radius 2 is 1.84 bits per heavy atom. The van der Waals surface area contributed by atoms with Crippen molar-refractivity contribution < 1.29 is 9.53 Å². The average Bonchev–Trinajstić information content (AvgIpc) is 2.69. The number of amides is 1. The summed E-state index contributed by atoms with van der Waals surface area (Å²) in [6.07, 6.45) is 6.62. The van der Waals surface area contributed by atoms with Crippen LogP contribution >= 0.6 is 0 Å². The molecule has 1 aliphatic heterocycles. The van der Waals surface area contributed by atoms with Crippen LogP contribution in [0.4, 0.5) is 0 Å². The molecular weight excluding hydrogens is 316 g/mol. The molecule has 3 aromatic rings. The molecule has 1 fully saturated rings. The molecule has 1 saturated heterocycles. The van der Waals surface area contributed by atoms with Gasteiger partial charge < -0.3 is 9.64 Å². The smallest absolute Gasteiger partial charge is 0.253 e. The molecule has 0 spiro atoms. The highest BCUT2D eigenvalue weighted by Crippen LogP contribution is 2.25. The summed E-state index contributed by atoms with van der Waals surface area (Å²) in [7, 11) is 0. The average molecular weight is 334 g/mol. The molecule has 6 nitrogen and oxygen atoms in total. The van der Waals surface area contributed by atoms with Crippen molar-refractivity contribution in [2.75, 3.05) is 13.1 Å². The first-order valence-corrected chi connectivity index (χ1v) is 8.37. The maximum Gasteiger partial charge on any atom is 0.253 e. The zero-order chi connectivity index (χ0) is 17.1. The van der Waals surface area contributed by atoms with Crippen molar-refractivity contribution in [2.24, 2.45) is 0 Å². The van der Waals surface area contributed by atoms with Gasteiger partial charge in [0.2, 0.25) is 5.88 Å². The number of ether oxygens (including phenoxy) is 1. The molecule has 2 aromatic heterocycles. The van der Waals surface area contributed by atoms with Crippen molar-refractivity contribution in [3.05, 3.63) is 60.6 Å². The van der Waals surface area contributed by atoms with Gasteiger partial charge in [0.25, 0.3) is 5.91 Å². The molecule has 0 bridgehead atoms.